The standard InChI is InChI=1S/C20H33Cl2NO2.ClH/c1-19(7-5-13(25)9-12(19)11-24)16-6-8-20(2)15(14(16)10-23)3-4-17(20)18(21)22;/h12-16,24-25H,3-11,23H2,1-2H3;1H/t12-,13+,14+,15?,16?,19+,20+;/m1./s1. The summed E-state index contributed by atoms with van der Waals surface area (Å²) >= 11 is 12.4. The number of aliphatic hydroxyl groups is 2. The van der Waals surface area contributed by atoms with E-state index < -0.39 is 0 Å². The van der Waals surface area contributed by atoms with Crippen LogP contribution in [0.1, 0.15) is 58.8 Å². The molecule has 0 bridgehead atoms. The van der Waals surface area contributed by atoms with Gasteiger partial charge in [-0.2, -0.15) is 0 Å². The van der Waals surface area contributed by atoms with Crippen molar-refractivity contribution in [3.05, 3.63) is 10.1 Å². The van der Waals surface area contributed by atoms with Gasteiger partial charge in [-0.1, -0.05) is 37.0 Å². The second kappa shape index (κ2) is 8.47. The minimum Gasteiger partial charge on any atom is -0.396 e. The van der Waals surface area contributed by atoms with Crippen LogP contribution in [0.4, 0.5) is 0 Å². The lowest BCUT2D eigenvalue weighted by molar-refractivity contribution is -0.0917. The topological polar surface area (TPSA) is 66.5 Å². The van der Waals surface area contributed by atoms with E-state index in [1.54, 1.807) is 0 Å². The van der Waals surface area contributed by atoms with Crippen molar-refractivity contribution in [1.29, 1.82) is 0 Å². The van der Waals surface area contributed by atoms with Crippen LogP contribution in [0.2, 0.25) is 0 Å². The van der Waals surface area contributed by atoms with Crippen molar-refractivity contribution in [2.45, 2.75) is 64.9 Å². The average Bonchev–Trinajstić information content (AvgIpc) is 2.93. The van der Waals surface area contributed by atoms with Crippen LogP contribution in [-0.2, 0) is 0 Å². The van der Waals surface area contributed by atoms with E-state index in [1.165, 1.54) is 5.57 Å². The van der Waals surface area contributed by atoms with Crippen molar-refractivity contribution in [3.8, 4) is 0 Å². The van der Waals surface area contributed by atoms with E-state index in [-0.39, 0.29) is 41.9 Å². The first-order chi connectivity index (χ1) is 11.8. The summed E-state index contributed by atoms with van der Waals surface area (Å²) in [5, 5.41) is 20.1. The first-order valence-electron chi connectivity index (χ1n) is 9.81. The molecule has 0 aromatic heterocycles. The van der Waals surface area contributed by atoms with Crippen LogP contribution in [-0.4, -0.2) is 29.5 Å². The molecule has 3 aliphatic rings. The summed E-state index contributed by atoms with van der Waals surface area (Å²) in [5.74, 6) is 1.60. The Morgan fingerprint density at radius 2 is 1.85 bits per heavy atom. The van der Waals surface area contributed by atoms with Gasteiger partial charge in [0, 0.05) is 6.61 Å². The zero-order valence-electron chi connectivity index (χ0n) is 15.9. The predicted octanol–water partition coefficient (Wildman–Crippen LogP) is 4.66. The smallest absolute Gasteiger partial charge is 0.106 e. The maximum atomic E-state index is 10.1. The molecule has 3 fully saturated rings. The van der Waals surface area contributed by atoms with Crippen molar-refractivity contribution in [2.24, 2.45) is 40.2 Å². The maximum Gasteiger partial charge on any atom is 0.106 e. The highest BCUT2D eigenvalue weighted by atomic mass is 35.5. The summed E-state index contributed by atoms with van der Waals surface area (Å²) in [4.78, 5) is 0. The van der Waals surface area contributed by atoms with Crippen LogP contribution >= 0.6 is 35.6 Å². The van der Waals surface area contributed by atoms with Gasteiger partial charge in [0.2, 0.25) is 0 Å². The molecule has 0 radical (unpaired) electrons. The Morgan fingerprint density at radius 1 is 1.15 bits per heavy atom. The van der Waals surface area contributed by atoms with Crippen molar-refractivity contribution in [1.82, 2.24) is 0 Å². The average molecular weight is 427 g/mol. The third-order valence-corrected chi connectivity index (χ3v) is 8.75. The van der Waals surface area contributed by atoms with E-state index in [0.717, 1.165) is 38.5 Å². The largest absolute Gasteiger partial charge is 0.396 e. The molecule has 3 saturated carbocycles. The molecule has 3 aliphatic carbocycles. The van der Waals surface area contributed by atoms with Gasteiger partial charge < -0.3 is 15.9 Å². The summed E-state index contributed by atoms with van der Waals surface area (Å²) in [5.41, 5.74) is 7.66. The number of fused-ring (bicyclic) bond motifs is 1. The van der Waals surface area contributed by atoms with Crippen LogP contribution in [0, 0.1) is 34.5 Å². The second-order valence-corrected chi connectivity index (χ2v) is 10.1. The molecule has 0 saturated heterocycles. The van der Waals surface area contributed by atoms with E-state index in [1.807, 2.05) is 0 Å². The highest BCUT2D eigenvalue weighted by Crippen LogP contribution is 2.64. The summed E-state index contributed by atoms with van der Waals surface area (Å²) in [7, 11) is 0. The first-order valence-corrected chi connectivity index (χ1v) is 10.6. The van der Waals surface area contributed by atoms with Crippen LogP contribution in [0.25, 0.3) is 0 Å². The Balaban J connectivity index is 0.00000243. The molecule has 7 atom stereocenters. The normalized spacial score (nSPS) is 45.8. The van der Waals surface area contributed by atoms with Crippen molar-refractivity contribution < 1.29 is 10.2 Å². The third kappa shape index (κ3) is 3.57. The van der Waals surface area contributed by atoms with E-state index >= 15 is 0 Å². The van der Waals surface area contributed by atoms with E-state index in [4.69, 9.17) is 28.9 Å². The van der Waals surface area contributed by atoms with Gasteiger partial charge >= 0.3 is 0 Å². The Bertz CT molecular complexity index is 539. The highest BCUT2D eigenvalue weighted by molar-refractivity contribution is 6.56. The first kappa shape index (κ1) is 22.8. The molecule has 0 heterocycles. The van der Waals surface area contributed by atoms with Crippen molar-refractivity contribution in [3.63, 3.8) is 0 Å². The molecule has 26 heavy (non-hydrogen) atoms. The Morgan fingerprint density at radius 3 is 2.42 bits per heavy atom. The van der Waals surface area contributed by atoms with Gasteiger partial charge in [-0.3, -0.25) is 0 Å². The summed E-state index contributed by atoms with van der Waals surface area (Å²) in [6.07, 6.45) is 6.52. The number of allylic oxidation sites excluding steroid dienone is 1. The number of halogens is 3. The molecule has 0 aromatic rings. The number of rotatable bonds is 3. The second-order valence-electron chi connectivity index (χ2n) is 9.16. The molecular weight excluding hydrogens is 393 g/mol. The summed E-state index contributed by atoms with van der Waals surface area (Å²) in [6.45, 7) is 5.48. The summed E-state index contributed by atoms with van der Waals surface area (Å²) in [6, 6.07) is 0. The minimum atomic E-state index is -0.272. The Hall–Kier alpha value is 0.490. The SMILES string of the molecule is C[C@]12CCC([C@@]3(C)CC[C@H](O)C[C@@H]3CO)[C@@H](CN)C1CCC2=C(Cl)Cl.Cl. The molecule has 0 aromatic carbocycles. The fraction of sp³-hybridized carbons (Fsp3) is 0.900. The number of aliphatic hydroxyl groups excluding tert-OH is 2. The van der Waals surface area contributed by atoms with Crippen LogP contribution in [0.5, 0.6) is 0 Å². The van der Waals surface area contributed by atoms with Gasteiger partial charge in [-0.05, 0) is 91.6 Å². The monoisotopic (exact) mass is 425 g/mol. The fourth-order valence-electron chi connectivity index (χ4n) is 6.73. The Kier molecular flexibility index (Phi) is 7.42. The maximum absolute atomic E-state index is 10.1. The lowest BCUT2D eigenvalue weighted by Crippen LogP contribution is -2.52. The predicted molar refractivity (Wildman–Crippen MR) is 111 cm³/mol. The van der Waals surface area contributed by atoms with Gasteiger partial charge in [0.15, 0.2) is 0 Å². The molecule has 6 heteroatoms. The van der Waals surface area contributed by atoms with Crippen molar-refractivity contribution >= 4 is 35.6 Å². The quantitative estimate of drug-likeness (QED) is 0.615. The highest BCUT2D eigenvalue weighted by Gasteiger charge is 2.57. The molecule has 2 unspecified atom stereocenters. The van der Waals surface area contributed by atoms with E-state index in [2.05, 4.69) is 13.8 Å². The summed E-state index contributed by atoms with van der Waals surface area (Å²) < 4.78 is 0.458. The molecule has 152 valence electrons. The molecule has 4 N–H and O–H groups in total. The number of hydrogen-bond donors (Lipinski definition) is 3. The molecule has 3 rings (SSSR count). The van der Waals surface area contributed by atoms with Gasteiger partial charge in [-0.25, -0.2) is 0 Å². The zero-order valence-corrected chi connectivity index (χ0v) is 18.2. The van der Waals surface area contributed by atoms with E-state index in [0.29, 0.717) is 35.2 Å². The fourth-order valence-corrected chi connectivity index (χ4v) is 7.35. The Labute approximate surface area is 174 Å². The van der Waals surface area contributed by atoms with Crippen LogP contribution in [0.15, 0.2) is 10.1 Å². The molecule has 0 spiro atoms. The minimum absolute atomic E-state index is 0. The molecular formula is C20H34Cl3NO2. The third-order valence-electron chi connectivity index (χ3n) is 8.29. The van der Waals surface area contributed by atoms with E-state index in [9.17, 15) is 10.2 Å². The van der Waals surface area contributed by atoms with Crippen molar-refractivity contribution in [2.75, 3.05) is 13.2 Å². The lowest BCUT2D eigenvalue weighted by atomic mass is 9.49. The van der Waals surface area contributed by atoms with Gasteiger partial charge in [0.25, 0.3) is 0 Å². The van der Waals surface area contributed by atoms with Gasteiger partial charge in [-0.15, -0.1) is 12.4 Å². The number of hydrogen-bond acceptors (Lipinski definition) is 3. The molecule has 0 aliphatic heterocycles. The zero-order chi connectivity index (χ0) is 18.4. The van der Waals surface area contributed by atoms with Gasteiger partial charge in [0.05, 0.1) is 6.10 Å². The molecule has 0 amide bonds. The van der Waals surface area contributed by atoms with Crippen LogP contribution < -0.4 is 5.73 Å². The number of nitrogens with two attached hydrogens (primary N) is 1. The van der Waals surface area contributed by atoms with Gasteiger partial charge in [0.1, 0.15) is 4.49 Å². The van der Waals surface area contributed by atoms with Crippen LogP contribution in [0.3, 0.4) is 0 Å². The molecule has 3 nitrogen and oxygen atoms in total. The lowest BCUT2D eigenvalue weighted by Gasteiger charge is -2.56.